The van der Waals surface area contributed by atoms with E-state index >= 15 is 0 Å². The molecule has 0 saturated heterocycles. The van der Waals surface area contributed by atoms with Gasteiger partial charge in [-0.2, -0.15) is 0 Å². The molecule has 0 saturated carbocycles. The SMILES string of the molecule is NCc1ccc(S(=O)(=O)c2ccccc2)cc1.O=C1c2ccccc2C(=O)N1Cc1ccc(S(=O)(=O)c2ccccc2)cc1. The monoisotopic (exact) mass is 624 g/mol. The minimum Gasteiger partial charge on any atom is -0.326 e. The van der Waals surface area contributed by atoms with Gasteiger partial charge in [0.25, 0.3) is 11.8 Å². The number of imide groups is 1. The standard InChI is InChI=1S/C21H15NO4S.C13H13NO2S/c23-20-18-8-4-5-9-19(18)21(24)22(20)14-15-10-12-17(13-11-15)27(25,26)16-6-2-1-3-7-16;14-10-11-6-8-13(9-7-11)17(15,16)12-4-2-1-3-5-12/h1-13H,14H2;1-9H,10,14H2. The molecule has 5 aromatic rings. The number of benzene rings is 5. The van der Waals surface area contributed by atoms with E-state index in [0.717, 1.165) is 5.56 Å². The van der Waals surface area contributed by atoms with E-state index in [1.165, 1.54) is 17.0 Å². The fourth-order valence-electron chi connectivity index (χ4n) is 4.62. The molecule has 0 atom stereocenters. The van der Waals surface area contributed by atoms with E-state index in [1.807, 2.05) is 0 Å². The van der Waals surface area contributed by atoms with Crippen molar-refractivity contribution in [3.8, 4) is 0 Å². The maximum absolute atomic E-state index is 12.6. The second-order valence-electron chi connectivity index (χ2n) is 9.87. The highest BCUT2D eigenvalue weighted by Crippen LogP contribution is 2.26. The number of hydrogen-bond acceptors (Lipinski definition) is 7. The van der Waals surface area contributed by atoms with Crippen molar-refractivity contribution in [2.75, 3.05) is 0 Å². The van der Waals surface area contributed by atoms with Gasteiger partial charge in [-0.3, -0.25) is 14.5 Å². The highest BCUT2D eigenvalue weighted by molar-refractivity contribution is 7.91. The van der Waals surface area contributed by atoms with Gasteiger partial charge in [0.15, 0.2) is 0 Å². The predicted molar refractivity (Wildman–Crippen MR) is 165 cm³/mol. The molecule has 44 heavy (non-hydrogen) atoms. The van der Waals surface area contributed by atoms with Crippen LogP contribution >= 0.6 is 0 Å². The Morgan fingerprint density at radius 3 is 1.18 bits per heavy atom. The Balaban J connectivity index is 0.000000195. The summed E-state index contributed by atoms with van der Waals surface area (Å²) in [5, 5.41) is 0. The predicted octanol–water partition coefficient (Wildman–Crippen LogP) is 5.29. The number of hydrogen-bond donors (Lipinski definition) is 1. The molecule has 10 heteroatoms. The summed E-state index contributed by atoms with van der Waals surface area (Å²) in [5.41, 5.74) is 7.85. The normalized spacial score (nSPS) is 12.8. The molecule has 1 aliphatic heterocycles. The third-order valence-corrected chi connectivity index (χ3v) is 10.6. The van der Waals surface area contributed by atoms with Crippen molar-refractivity contribution in [3.05, 3.63) is 156 Å². The second-order valence-corrected chi connectivity index (χ2v) is 13.8. The van der Waals surface area contributed by atoms with E-state index in [0.29, 0.717) is 33.0 Å². The summed E-state index contributed by atoms with van der Waals surface area (Å²) in [7, 11) is -7.00. The molecule has 1 heterocycles. The van der Waals surface area contributed by atoms with Gasteiger partial charge in [0.1, 0.15) is 0 Å². The first-order valence-corrected chi connectivity index (χ1v) is 16.5. The highest BCUT2D eigenvalue weighted by Gasteiger charge is 2.35. The molecule has 0 spiro atoms. The maximum Gasteiger partial charge on any atom is 0.261 e. The van der Waals surface area contributed by atoms with Crippen molar-refractivity contribution in [1.29, 1.82) is 0 Å². The molecule has 0 bridgehead atoms. The van der Waals surface area contributed by atoms with Gasteiger partial charge in [-0.25, -0.2) is 16.8 Å². The van der Waals surface area contributed by atoms with Gasteiger partial charge in [0.2, 0.25) is 19.7 Å². The van der Waals surface area contributed by atoms with Crippen molar-refractivity contribution in [3.63, 3.8) is 0 Å². The van der Waals surface area contributed by atoms with E-state index < -0.39 is 19.7 Å². The van der Waals surface area contributed by atoms with Crippen LogP contribution in [0.25, 0.3) is 0 Å². The van der Waals surface area contributed by atoms with Crippen molar-refractivity contribution in [1.82, 2.24) is 4.90 Å². The Kier molecular flexibility index (Phi) is 8.86. The van der Waals surface area contributed by atoms with Gasteiger partial charge in [-0.05, 0) is 71.8 Å². The van der Waals surface area contributed by atoms with Gasteiger partial charge in [-0.15, -0.1) is 0 Å². The smallest absolute Gasteiger partial charge is 0.261 e. The molecule has 2 amide bonds. The second kappa shape index (κ2) is 12.8. The summed E-state index contributed by atoms with van der Waals surface area (Å²) < 4.78 is 49.7. The number of fused-ring (bicyclic) bond motifs is 1. The fraction of sp³-hybridized carbons (Fsp3) is 0.0588. The molecule has 222 valence electrons. The third kappa shape index (κ3) is 6.23. The highest BCUT2D eigenvalue weighted by atomic mass is 32.2. The lowest BCUT2D eigenvalue weighted by Crippen LogP contribution is -2.29. The quantitative estimate of drug-likeness (QED) is 0.243. The summed E-state index contributed by atoms with van der Waals surface area (Å²) in [4.78, 5) is 27.0. The Morgan fingerprint density at radius 1 is 0.455 bits per heavy atom. The number of carbonyl (C=O) groups excluding carboxylic acids is 2. The molecule has 5 aromatic carbocycles. The van der Waals surface area contributed by atoms with Crippen LogP contribution in [0.3, 0.4) is 0 Å². The number of carbonyl (C=O) groups is 2. The van der Waals surface area contributed by atoms with Gasteiger partial charge in [-0.1, -0.05) is 72.8 Å². The van der Waals surface area contributed by atoms with E-state index in [4.69, 9.17) is 5.73 Å². The third-order valence-electron chi connectivity index (χ3n) is 7.03. The first-order chi connectivity index (χ1) is 21.1. The molecule has 0 fully saturated rings. The number of amides is 2. The zero-order valence-electron chi connectivity index (χ0n) is 23.4. The van der Waals surface area contributed by atoms with Crippen LogP contribution in [0, 0.1) is 0 Å². The number of nitrogens with two attached hydrogens (primary N) is 1. The average Bonchev–Trinajstić information content (AvgIpc) is 3.31. The number of nitrogens with zero attached hydrogens (tertiary/aromatic N) is 1. The van der Waals surface area contributed by atoms with Crippen molar-refractivity contribution >= 4 is 31.5 Å². The lowest BCUT2D eigenvalue weighted by molar-refractivity contribution is 0.0642. The van der Waals surface area contributed by atoms with E-state index in [-0.39, 0.29) is 28.2 Å². The van der Waals surface area contributed by atoms with Crippen LogP contribution in [0.4, 0.5) is 0 Å². The largest absolute Gasteiger partial charge is 0.326 e. The first-order valence-electron chi connectivity index (χ1n) is 13.6. The van der Waals surface area contributed by atoms with Crippen LogP contribution < -0.4 is 5.73 Å². The summed E-state index contributed by atoms with van der Waals surface area (Å²) in [6, 6.07) is 36.1. The molecule has 8 nitrogen and oxygen atoms in total. The van der Waals surface area contributed by atoms with Crippen LogP contribution in [-0.4, -0.2) is 33.5 Å². The van der Waals surface area contributed by atoms with Crippen LogP contribution in [0.15, 0.2) is 153 Å². The summed E-state index contributed by atoms with van der Waals surface area (Å²) in [6.45, 7) is 0.504. The van der Waals surface area contributed by atoms with E-state index in [1.54, 1.807) is 121 Å². The topological polar surface area (TPSA) is 132 Å². The average molecular weight is 625 g/mol. The summed E-state index contributed by atoms with van der Waals surface area (Å²) in [6.07, 6.45) is 0. The minimum atomic E-state index is -3.60. The van der Waals surface area contributed by atoms with Gasteiger partial charge >= 0.3 is 0 Å². The Morgan fingerprint density at radius 2 is 0.795 bits per heavy atom. The Labute approximate surface area is 256 Å². The molecule has 0 unspecified atom stereocenters. The van der Waals surface area contributed by atoms with Crippen LogP contribution in [0.5, 0.6) is 0 Å². The van der Waals surface area contributed by atoms with E-state index in [9.17, 15) is 26.4 Å². The van der Waals surface area contributed by atoms with Crippen LogP contribution in [-0.2, 0) is 32.8 Å². The fourth-order valence-corrected chi connectivity index (χ4v) is 7.18. The Hall–Kier alpha value is -4.90. The molecule has 0 aliphatic carbocycles. The maximum atomic E-state index is 12.6. The number of sulfone groups is 2. The molecular formula is C34H28N2O6S2. The molecule has 1 aliphatic rings. The zero-order chi connectivity index (χ0) is 31.3. The lowest BCUT2D eigenvalue weighted by atomic mass is 10.1. The lowest BCUT2D eigenvalue weighted by Gasteiger charge is -2.14. The van der Waals surface area contributed by atoms with Crippen LogP contribution in [0.1, 0.15) is 31.8 Å². The summed E-state index contributed by atoms with van der Waals surface area (Å²) >= 11 is 0. The van der Waals surface area contributed by atoms with Crippen molar-refractivity contribution in [2.24, 2.45) is 5.73 Å². The number of rotatable bonds is 7. The molecular weight excluding hydrogens is 597 g/mol. The van der Waals surface area contributed by atoms with Gasteiger partial charge in [0, 0.05) is 6.54 Å². The molecule has 2 N–H and O–H groups in total. The molecule has 0 aromatic heterocycles. The first kappa shape index (κ1) is 30.6. The van der Waals surface area contributed by atoms with Crippen molar-refractivity contribution in [2.45, 2.75) is 32.7 Å². The minimum absolute atomic E-state index is 0.0952. The molecule has 0 radical (unpaired) electrons. The zero-order valence-corrected chi connectivity index (χ0v) is 25.0. The Bertz CT molecular complexity index is 1980. The molecule has 6 rings (SSSR count). The van der Waals surface area contributed by atoms with Crippen LogP contribution in [0.2, 0.25) is 0 Å². The summed E-state index contributed by atoms with van der Waals surface area (Å²) in [5.74, 6) is -0.673. The van der Waals surface area contributed by atoms with Gasteiger partial charge in [0.05, 0.1) is 37.3 Å². The van der Waals surface area contributed by atoms with E-state index in [2.05, 4.69) is 0 Å². The van der Waals surface area contributed by atoms with Crippen molar-refractivity contribution < 1.29 is 26.4 Å². The van der Waals surface area contributed by atoms with Gasteiger partial charge < -0.3 is 5.73 Å².